The molecule has 8 nitrogen and oxygen atoms in total. The fraction of sp³-hybridized carbons (Fsp3) is 0.312. The molecule has 0 aromatic carbocycles. The van der Waals surface area contributed by atoms with Gasteiger partial charge in [-0.2, -0.15) is 0 Å². The van der Waals surface area contributed by atoms with Crippen molar-refractivity contribution in [2.24, 2.45) is 34.5 Å². The number of hydrogen-bond acceptors (Lipinski definition) is 5. The van der Waals surface area contributed by atoms with Crippen molar-refractivity contribution >= 4 is 11.7 Å². The molecular weight excluding hydrogens is 344 g/mol. The Labute approximate surface area is 152 Å². The molecule has 2 heterocycles. The largest absolute Gasteiger partial charge is 1.00 e. The molecule has 0 bridgehead atoms. The van der Waals surface area contributed by atoms with Gasteiger partial charge in [0.2, 0.25) is 0 Å². The highest BCUT2D eigenvalue weighted by molar-refractivity contribution is 5.79. The van der Waals surface area contributed by atoms with Gasteiger partial charge in [0.1, 0.15) is 11.5 Å². The van der Waals surface area contributed by atoms with Crippen LogP contribution in [0.3, 0.4) is 0 Å². The molecule has 25 heavy (non-hydrogen) atoms. The quantitative estimate of drug-likeness (QED) is 0.227. The SMILES string of the molecule is COc1cc[n+](C)c(N=NC(C)=NN=c2cc(OC)ccn2C)c1.[Cl-]. The summed E-state index contributed by atoms with van der Waals surface area (Å²) in [5, 5.41) is 16.5. The average Bonchev–Trinajstić information content (AvgIpc) is 2.60. The number of hydrogen-bond donors (Lipinski definition) is 0. The predicted octanol–water partition coefficient (Wildman–Crippen LogP) is -1.11. The van der Waals surface area contributed by atoms with E-state index in [1.807, 2.05) is 47.8 Å². The Morgan fingerprint density at radius 2 is 1.80 bits per heavy atom. The van der Waals surface area contributed by atoms with E-state index in [1.54, 1.807) is 33.3 Å². The van der Waals surface area contributed by atoms with E-state index in [9.17, 15) is 0 Å². The molecule has 2 aromatic rings. The van der Waals surface area contributed by atoms with Crippen LogP contribution in [0.4, 0.5) is 5.82 Å². The fourth-order valence-electron chi connectivity index (χ4n) is 1.80. The van der Waals surface area contributed by atoms with Crippen LogP contribution in [0.25, 0.3) is 0 Å². The van der Waals surface area contributed by atoms with Gasteiger partial charge >= 0.3 is 5.82 Å². The van der Waals surface area contributed by atoms with Crippen molar-refractivity contribution in [3.05, 3.63) is 42.1 Å². The second kappa shape index (κ2) is 9.53. The number of aryl methyl sites for hydroxylation is 2. The number of nitrogens with zero attached hydrogens (tertiary/aromatic N) is 6. The molecule has 9 heteroatoms. The molecule has 134 valence electrons. The Bertz CT molecular complexity index is 845. The molecule has 0 aliphatic heterocycles. The highest BCUT2D eigenvalue weighted by Crippen LogP contribution is 2.14. The second-order valence-electron chi connectivity index (χ2n) is 5.02. The lowest BCUT2D eigenvalue weighted by Gasteiger charge is -2.01. The van der Waals surface area contributed by atoms with Crippen molar-refractivity contribution in [2.75, 3.05) is 14.2 Å². The molecule has 0 radical (unpaired) electrons. The van der Waals surface area contributed by atoms with Gasteiger partial charge in [0.15, 0.2) is 11.3 Å². The molecule has 0 spiro atoms. The molecule has 2 aromatic heterocycles. The monoisotopic (exact) mass is 364 g/mol. The fourth-order valence-corrected chi connectivity index (χ4v) is 1.80. The Kier molecular flexibility index (Phi) is 7.74. The van der Waals surface area contributed by atoms with Gasteiger partial charge in [-0.3, -0.25) is 0 Å². The molecule has 0 unspecified atom stereocenters. The predicted molar refractivity (Wildman–Crippen MR) is 89.3 cm³/mol. The van der Waals surface area contributed by atoms with Gasteiger partial charge in [-0.15, -0.1) is 10.2 Å². The van der Waals surface area contributed by atoms with Crippen molar-refractivity contribution in [1.82, 2.24) is 4.57 Å². The van der Waals surface area contributed by atoms with Crippen LogP contribution in [0.5, 0.6) is 11.5 Å². The highest BCUT2D eigenvalue weighted by Gasteiger charge is 2.08. The Morgan fingerprint density at radius 3 is 2.48 bits per heavy atom. The number of methoxy groups -OCH3 is 2. The first kappa shape index (κ1) is 20.3. The topological polar surface area (TPSA) is 76.7 Å². The molecule has 0 aliphatic rings. The summed E-state index contributed by atoms with van der Waals surface area (Å²) in [5.74, 6) is 2.51. The normalized spacial score (nSPS) is 12.2. The lowest BCUT2D eigenvalue weighted by Crippen LogP contribution is -3.00. The first-order valence-electron chi connectivity index (χ1n) is 7.28. The van der Waals surface area contributed by atoms with Crippen molar-refractivity contribution in [3.8, 4) is 11.5 Å². The van der Waals surface area contributed by atoms with Crippen LogP contribution in [0, 0.1) is 0 Å². The second-order valence-corrected chi connectivity index (χ2v) is 5.02. The maximum absolute atomic E-state index is 5.18. The molecule has 0 saturated carbocycles. The van der Waals surface area contributed by atoms with Gasteiger partial charge in [-0.1, -0.05) is 0 Å². The zero-order chi connectivity index (χ0) is 17.5. The summed E-state index contributed by atoms with van der Waals surface area (Å²) in [5.41, 5.74) is 0.649. The number of amidine groups is 1. The number of ether oxygens (including phenoxy) is 2. The first-order chi connectivity index (χ1) is 11.5. The van der Waals surface area contributed by atoms with E-state index >= 15 is 0 Å². The molecule has 2 rings (SSSR count). The van der Waals surface area contributed by atoms with Crippen LogP contribution in [-0.2, 0) is 14.1 Å². The summed E-state index contributed by atoms with van der Waals surface area (Å²) in [6.45, 7) is 1.73. The van der Waals surface area contributed by atoms with Crippen LogP contribution < -0.4 is 31.9 Å². The zero-order valence-corrected chi connectivity index (χ0v) is 15.6. The number of pyridine rings is 2. The molecule has 0 aliphatic carbocycles. The minimum absolute atomic E-state index is 0. The highest BCUT2D eigenvalue weighted by atomic mass is 35.5. The van der Waals surface area contributed by atoms with Crippen molar-refractivity contribution in [3.63, 3.8) is 0 Å². The van der Waals surface area contributed by atoms with E-state index in [0.29, 0.717) is 28.6 Å². The number of halogens is 1. The Balaban J connectivity index is 0.00000312. The van der Waals surface area contributed by atoms with Crippen molar-refractivity contribution < 1.29 is 26.4 Å². The Hall–Kier alpha value is -2.74. The van der Waals surface area contributed by atoms with Gasteiger partial charge in [-0.25, -0.2) is 4.57 Å². The zero-order valence-electron chi connectivity index (χ0n) is 14.8. The summed E-state index contributed by atoms with van der Waals surface area (Å²) in [7, 11) is 6.97. The van der Waals surface area contributed by atoms with Gasteiger partial charge in [0.05, 0.1) is 38.6 Å². The van der Waals surface area contributed by atoms with Crippen LogP contribution in [0.15, 0.2) is 57.1 Å². The molecule has 0 atom stereocenters. The van der Waals surface area contributed by atoms with Crippen molar-refractivity contribution in [2.45, 2.75) is 6.92 Å². The lowest BCUT2D eigenvalue weighted by molar-refractivity contribution is -0.658. The summed E-state index contributed by atoms with van der Waals surface area (Å²) in [6, 6.07) is 7.27. The minimum Gasteiger partial charge on any atom is -1.00 e. The molecule has 0 fully saturated rings. The van der Waals surface area contributed by atoms with E-state index in [-0.39, 0.29) is 12.4 Å². The third-order valence-electron chi connectivity index (χ3n) is 3.26. The van der Waals surface area contributed by atoms with Crippen LogP contribution in [-0.4, -0.2) is 24.6 Å². The Morgan fingerprint density at radius 1 is 1.12 bits per heavy atom. The standard InChI is InChI=1S/C16H21N6O2.ClH/c1-12(17-19-15-10-13(23-4)6-8-21(15)2)18-20-16-11-14(24-5)7-9-22(16)3;/h6-11H,1-5H3;1H/q+1;/p-1. The third kappa shape index (κ3) is 5.68. The number of azo groups is 1. The summed E-state index contributed by atoms with van der Waals surface area (Å²) in [4.78, 5) is 0. The van der Waals surface area contributed by atoms with E-state index in [1.165, 1.54) is 0 Å². The third-order valence-corrected chi connectivity index (χ3v) is 3.26. The summed E-state index contributed by atoms with van der Waals surface area (Å²) >= 11 is 0. The molecule has 0 amide bonds. The van der Waals surface area contributed by atoms with Crippen molar-refractivity contribution in [1.29, 1.82) is 0 Å². The summed E-state index contributed by atoms with van der Waals surface area (Å²) < 4.78 is 14.0. The maximum Gasteiger partial charge on any atom is 0.354 e. The van der Waals surface area contributed by atoms with Gasteiger partial charge < -0.3 is 26.4 Å². The van der Waals surface area contributed by atoms with Crippen LogP contribution in [0.2, 0.25) is 0 Å². The van der Waals surface area contributed by atoms with Gasteiger partial charge in [-0.05, 0) is 11.2 Å². The van der Waals surface area contributed by atoms with E-state index in [2.05, 4.69) is 20.4 Å². The number of rotatable bonds is 4. The van der Waals surface area contributed by atoms with Crippen LogP contribution >= 0.6 is 0 Å². The molecule has 0 saturated heterocycles. The summed E-state index contributed by atoms with van der Waals surface area (Å²) in [6.07, 6.45) is 3.70. The maximum atomic E-state index is 5.18. The van der Waals surface area contributed by atoms with E-state index in [4.69, 9.17) is 9.47 Å². The first-order valence-corrected chi connectivity index (χ1v) is 7.28. The lowest BCUT2D eigenvalue weighted by atomic mass is 10.4. The van der Waals surface area contributed by atoms with E-state index in [0.717, 1.165) is 0 Å². The van der Waals surface area contributed by atoms with E-state index < -0.39 is 0 Å². The van der Waals surface area contributed by atoms with Gasteiger partial charge in [0.25, 0.3) is 0 Å². The molecule has 0 N–H and O–H groups in total. The minimum atomic E-state index is 0. The molecular formula is C16H21ClN6O2. The van der Waals surface area contributed by atoms with Crippen LogP contribution in [0.1, 0.15) is 6.92 Å². The smallest absolute Gasteiger partial charge is 0.354 e. The average molecular weight is 365 g/mol. The number of aromatic nitrogens is 2. The van der Waals surface area contributed by atoms with Gasteiger partial charge in [0, 0.05) is 32.3 Å².